The summed E-state index contributed by atoms with van der Waals surface area (Å²) in [5, 5.41) is 12.5. The number of nitrogens with one attached hydrogen (secondary N) is 3. The minimum atomic E-state index is -0.439. The summed E-state index contributed by atoms with van der Waals surface area (Å²) in [6.07, 6.45) is 3.28. The Morgan fingerprint density at radius 1 is 0.886 bits per heavy atom. The monoisotopic (exact) mass is 520 g/mol. The van der Waals surface area contributed by atoms with Crippen molar-refractivity contribution in [1.82, 2.24) is 10.3 Å². The molecule has 35 heavy (non-hydrogen) atoms. The smallest absolute Gasteiger partial charge is 0.272 e. The summed E-state index contributed by atoms with van der Waals surface area (Å²) in [7, 11) is 0. The highest BCUT2D eigenvalue weighted by atomic mass is 32.2. The molecule has 0 aliphatic carbocycles. The second-order valence-electron chi connectivity index (χ2n) is 7.05. The van der Waals surface area contributed by atoms with E-state index in [0.29, 0.717) is 16.4 Å². The largest absolute Gasteiger partial charge is 0.321 e. The van der Waals surface area contributed by atoms with Gasteiger partial charge in [0, 0.05) is 32.6 Å². The van der Waals surface area contributed by atoms with E-state index in [4.69, 9.17) is 0 Å². The highest BCUT2D eigenvalue weighted by molar-refractivity contribution is 8.00. The van der Waals surface area contributed by atoms with E-state index in [0.717, 1.165) is 9.77 Å². The van der Waals surface area contributed by atoms with Gasteiger partial charge < -0.3 is 16.0 Å². The Morgan fingerprint density at radius 3 is 2.37 bits per heavy atom. The van der Waals surface area contributed by atoms with Gasteiger partial charge in [-0.2, -0.15) is 0 Å². The van der Waals surface area contributed by atoms with E-state index in [9.17, 15) is 14.4 Å². The maximum Gasteiger partial charge on any atom is 0.272 e. The van der Waals surface area contributed by atoms with Gasteiger partial charge in [0.2, 0.25) is 5.91 Å². The van der Waals surface area contributed by atoms with Gasteiger partial charge >= 0.3 is 0 Å². The summed E-state index contributed by atoms with van der Waals surface area (Å²) in [4.78, 5) is 43.4. The van der Waals surface area contributed by atoms with E-state index in [1.807, 2.05) is 35.7 Å². The molecule has 176 valence electrons. The minimum Gasteiger partial charge on any atom is -0.321 e. The van der Waals surface area contributed by atoms with Crippen LogP contribution in [0.5, 0.6) is 0 Å². The van der Waals surface area contributed by atoms with E-state index in [2.05, 4.69) is 20.9 Å². The fourth-order valence-electron chi connectivity index (χ4n) is 2.88. The molecule has 0 fully saturated rings. The summed E-state index contributed by atoms with van der Waals surface area (Å²) >= 11 is 4.20. The molecule has 4 aromatic rings. The SMILES string of the molecule is O=C(CSc1ccc(NC(=O)/C(=C/c2cccs2)NC(=O)c2ccccc2)cc1)Nc1nccs1. The Kier molecular flexibility index (Phi) is 8.44. The Bertz CT molecular complexity index is 1300. The van der Waals surface area contributed by atoms with Crippen molar-refractivity contribution in [2.24, 2.45) is 0 Å². The van der Waals surface area contributed by atoms with Gasteiger partial charge in [-0.25, -0.2) is 4.98 Å². The molecule has 10 heteroatoms. The fraction of sp³-hybridized carbons (Fsp3) is 0.0400. The lowest BCUT2D eigenvalue weighted by atomic mass is 10.2. The second-order valence-corrected chi connectivity index (χ2v) is 9.97. The van der Waals surface area contributed by atoms with Crippen LogP contribution in [0, 0.1) is 0 Å². The highest BCUT2D eigenvalue weighted by Gasteiger charge is 2.15. The molecular weight excluding hydrogens is 501 g/mol. The number of anilines is 2. The number of rotatable bonds is 9. The summed E-state index contributed by atoms with van der Waals surface area (Å²) in [5.41, 5.74) is 1.16. The lowest BCUT2D eigenvalue weighted by molar-refractivity contribution is -0.114. The quantitative estimate of drug-likeness (QED) is 0.204. The Labute approximate surface area is 214 Å². The van der Waals surface area contributed by atoms with Crippen molar-refractivity contribution in [2.75, 3.05) is 16.4 Å². The molecule has 0 atom stereocenters. The molecule has 0 saturated carbocycles. The van der Waals surface area contributed by atoms with Crippen LogP contribution in [-0.2, 0) is 9.59 Å². The predicted molar refractivity (Wildman–Crippen MR) is 143 cm³/mol. The van der Waals surface area contributed by atoms with E-state index in [1.54, 1.807) is 54.1 Å². The molecule has 0 bridgehead atoms. The van der Waals surface area contributed by atoms with Crippen LogP contribution in [-0.4, -0.2) is 28.5 Å². The number of hydrogen-bond acceptors (Lipinski definition) is 7. The standard InChI is InChI=1S/C25H20N4O3S3/c30-22(29-25-26-12-14-34-25)16-35-19-10-8-18(9-11-19)27-24(32)21(15-20-7-4-13-33-20)28-23(31)17-5-2-1-3-6-17/h1-15H,16H2,(H,27,32)(H,28,31)(H,26,29,30)/b21-15-. The minimum absolute atomic E-state index is 0.138. The zero-order chi connectivity index (χ0) is 24.5. The van der Waals surface area contributed by atoms with Gasteiger partial charge in [0.1, 0.15) is 5.70 Å². The molecule has 3 amide bonds. The van der Waals surface area contributed by atoms with Gasteiger partial charge in [0.15, 0.2) is 5.13 Å². The molecule has 0 saturated heterocycles. The van der Waals surface area contributed by atoms with Crippen molar-refractivity contribution < 1.29 is 14.4 Å². The zero-order valence-electron chi connectivity index (χ0n) is 18.3. The molecule has 3 N–H and O–H groups in total. The number of amides is 3. The highest BCUT2D eigenvalue weighted by Crippen LogP contribution is 2.22. The van der Waals surface area contributed by atoms with Gasteiger partial charge in [-0.15, -0.1) is 34.4 Å². The van der Waals surface area contributed by atoms with Crippen molar-refractivity contribution in [3.8, 4) is 0 Å². The van der Waals surface area contributed by atoms with Crippen LogP contribution in [0.1, 0.15) is 15.2 Å². The third-order valence-electron chi connectivity index (χ3n) is 4.52. The maximum atomic E-state index is 13.0. The average molecular weight is 521 g/mol. The van der Waals surface area contributed by atoms with E-state index in [-0.39, 0.29) is 23.3 Å². The Hall–Kier alpha value is -3.73. The van der Waals surface area contributed by atoms with Crippen LogP contribution in [0.4, 0.5) is 10.8 Å². The Balaban J connectivity index is 1.38. The van der Waals surface area contributed by atoms with Crippen LogP contribution >= 0.6 is 34.4 Å². The van der Waals surface area contributed by atoms with Crippen LogP contribution in [0.3, 0.4) is 0 Å². The molecule has 0 radical (unpaired) electrons. The molecule has 2 heterocycles. The van der Waals surface area contributed by atoms with Crippen molar-refractivity contribution in [2.45, 2.75) is 4.90 Å². The summed E-state index contributed by atoms with van der Waals surface area (Å²) in [5.74, 6) is -0.707. The number of thiazole rings is 1. The topological polar surface area (TPSA) is 100 Å². The van der Waals surface area contributed by atoms with Gasteiger partial charge in [-0.1, -0.05) is 24.3 Å². The number of thioether (sulfide) groups is 1. The molecule has 4 rings (SSSR count). The van der Waals surface area contributed by atoms with Crippen LogP contribution in [0.2, 0.25) is 0 Å². The number of carbonyl (C=O) groups is 3. The molecule has 2 aromatic carbocycles. The first kappa shape index (κ1) is 24.4. The first-order valence-electron chi connectivity index (χ1n) is 10.4. The maximum absolute atomic E-state index is 13.0. The Morgan fingerprint density at radius 2 is 1.69 bits per heavy atom. The number of hydrogen-bond donors (Lipinski definition) is 3. The molecule has 0 aliphatic heterocycles. The van der Waals surface area contributed by atoms with E-state index < -0.39 is 5.91 Å². The van der Waals surface area contributed by atoms with Gasteiger partial charge in [0.05, 0.1) is 5.75 Å². The molecule has 0 spiro atoms. The third-order valence-corrected chi connectivity index (χ3v) is 7.04. The number of aromatic nitrogens is 1. The first-order valence-corrected chi connectivity index (χ1v) is 13.2. The lowest BCUT2D eigenvalue weighted by Gasteiger charge is -2.11. The summed E-state index contributed by atoms with van der Waals surface area (Å²) in [6, 6.07) is 19.6. The van der Waals surface area contributed by atoms with E-state index >= 15 is 0 Å². The number of benzene rings is 2. The molecule has 7 nitrogen and oxygen atoms in total. The van der Waals surface area contributed by atoms with Crippen molar-refractivity contribution in [3.63, 3.8) is 0 Å². The molecule has 0 aliphatic rings. The van der Waals surface area contributed by atoms with Crippen molar-refractivity contribution in [3.05, 3.63) is 99.8 Å². The van der Waals surface area contributed by atoms with Gasteiger partial charge in [0.25, 0.3) is 11.8 Å². The second kappa shape index (κ2) is 12.1. The average Bonchev–Trinajstić information content (AvgIpc) is 3.58. The predicted octanol–water partition coefficient (Wildman–Crippen LogP) is 5.35. The molecule has 0 unspecified atom stereocenters. The van der Waals surface area contributed by atoms with Crippen LogP contribution in [0.15, 0.2) is 94.3 Å². The van der Waals surface area contributed by atoms with Gasteiger partial charge in [-0.3, -0.25) is 14.4 Å². The molecular formula is C25H20N4O3S3. The summed E-state index contributed by atoms with van der Waals surface area (Å²) in [6.45, 7) is 0. The third kappa shape index (κ3) is 7.38. The molecule has 2 aromatic heterocycles. The number of thiophene rings is 1. The van der Waals surface area contributed by atoms with Crippen molar-refractivity contribution in [1.29, 1.82) is 0 Å². The number of nitrogens with zero attached hydrogens (tertiary/aromatic N) is 1. The lowest BCUT2D eigenvalue weighted by Crippen LogP contribution is -2.30. The number of carbonyl (C=O) groups excluding carboxylic acids is 3. The van der Waals surface area contributed by atoms with Crippen LogP contribution < -0.4 is 16.0 Å². The fourth-order valence-corrected chi connectivity index (χ4v) is 4.78. The summed E-state index contributed by atoms with van der Waals surface area (Å²) < 4.78 is 0. The van der Waals surface area contributed by atoms with Gasteiger partial charge in [-0.05, 0) is 53.9 Å². The first-order chi connectivity index (χ1) is 17.1. The zero-order valence-corrected chi connectivity index (χ0v) is 20.7. The van der Waals surface area contributed by atoms with Crippen molar-refractivity contribution >= 4 is 69.1 Å². The van der Waals surface area contributed by atoms with Crippen LogP contribution in [0.25, 0.3) is 6.08 Å². The van der Waals surface area contributed by atoms with E-state index in [1.165, 1.54) is 34.4 Å². The normalized spacial score (nSPS) is 11.0.